The van der Waals surface area contributed by atoms with Crippen molar-refractivity contribution in [1.29, 1.82) is 0 Å². The molecule has 3 N–H and O–H groups in total. The fraction of sp³-hybridized carbons (Fsp3) is 0.364. The quantitative estimate of drug-likeness (QED) is 0.368. The molecule has 94 valence electrons. The van der Waals surface area contributed by atoms with Crippen molar-refractivity contribution in [2.24, 2.45) is 10.9 Å². The molecule has 0 saturated carbocycles. The predicted octanol–water partition coefficient (Wildman–Crippen LogP) is 2.05. The van der Waals surface area contributed by atoms with Crippen LogP contribution in [0.15, 0.2) is 23.4 Å². The third-order valence-corrected chi connectivity index (χ3v) is 2.60. The highest BCUT2D eigenvalue weighted by Crippen LogP contribution is 2.16. The van der Waals surface area contributed by atoms with Crippen LogP contribution < -0.4 is 5.73 Å². The van der Waals surface area contributed by atoms with Crippen molar-refractivity contribution in [2.75, 3.05) is 13.6 Å². The highest BCUT2D eigenvalue weighted by molar-refractivity contribution is 6.30. The molecule has 0 saturated heterocycles. The minimum absolute atomic E-state index is 0.118. The number of hydrogen-bond acceptors (Lipinski definition) is 3. The minimum Gasteiger partial charge on any atom is -0.409 e. The number of nitrogens with zero attached hydrogens (tertiary/aromatic N) is 2. The molecule has 6 heteroatoms. The number of rotatable bonds is 5. The standard InChI is InChI=1S/C11H15ClFN3O/c1-16(5-4-11(14)15-17)7-8-2-3-10(13)9(12)6-8/h2-3,6,17H,4-5,7H2,1H3,(H2,14,15). The van der Waals surface area contributed by atoms with Gasteiger partial charge < -0.3 is 15.8 Å². The molecule has 0 amide bonds. The summed E-state index contributed by atoms with van der Waals surface area (Å²) in [4.78, 5) is 1.97. The first-order chi connectivity index (χ1) is 8.02. The maximum Gasteiger partial charge on any atom is 0.141 e. The van der Waals surface area contributed by atoms with E-state index in [1.165, 1.54) is 6.07 Å². The molecular weight excluding hydrogens is 245 g/mol. The lowest BCUT2D eigenvalue weighted by Gasteiger charge is -2.16. The van der Waals surface area contributed by atoms with E-state index in [-0.39, 0.29) is 10.9 Å². The van der Waals surface area contributed by atoms with Crippen molar-refractivity contribution in [2.45, 2.75) is 13.0 Å². The Morgan fingerprint density at radius 2 is 2.29 bits per heavy atom. The summed E-state index contributed by atoms with van der Waals surface area (Å²) >= 11 is 5.68. The molecule has 0 aliphatic rings. The maximum absolute atomic E-state index is 12.9. The summed E-state index contributed by atoms with van der Waals surface area (Å²) in [6, 6.07) is 4.62. The van der Waals surface area contributed by atoms with Crippen LogP contribution in [-0.2, 0) is 6.54 Å². The Balaban J connectivity index is 2.50. The third-order valence-electron chi connectivity index (χ3n) is 2.31. The molecule has 1 aromatic carbocycles. The Kier molecular flexibility index (Phi) is 5.18. The molecule has 0 aliphatic carbocycles. The molecule has 0 heterocycles. The Labute approximate surface area is 104 Å². The number of amidine groups is 1. The molecule has 0 unspecified atom stereocenters. The summed E-state index contributed by atoms with van der Waals surface area (Å²) in [5, 5.41) is 11.4. The van der Waals surface area contributed by atoms with Gasteiger partial charge in [0, 0.05) is 19.5 Å². The van der Waals surface area contributed by atoms with Crippen LogP contribution in [0.3, 0.4) is 0 Å². The second-order valence-corrected chi connectivity index (χ2v) is 4.23. The fourth-order valence-corrected chi connectivity index (χ4v) is 1.59. The van der Waals surface area contributed by atoms with Crippen LogP contribution in [0, 0.1) is 5.82 Å². The lowest BCUT2D eigenvalue weighted by Crippen LogP contribution is -2.24. The van der Waals surface area contributed by atoms with Crippen molar-refractivity contribution in [3.05, 3.63) is 34.6 Å². The largest absolute Gasteiger partial charge is 0.409 e. The molecule has 4 nitrogen and oxygen atoms in total. The van der Waals surface area contributed by atoms with Gasteiger partial charge in [-0.25, -0.2) is 4.39 Å². The Morgan fingerprint density at radius 3 is 2.88 bits per heavy atom. The molecule has 17 heavy (non-hydrogen) atoms. The summed E-state index contributed by atoms with van der Waals surface area (Å²) < 4.78 is 12.9. The smallest absolute Gasteiger partial charge is 0.141 e. The highest BCUT2D eigenvalue weighted by Gasteiger charge is 2.05. The average molecular weight is 260 g/mol. The maximum atomic E-state index is 12.9. The van der Waals surface area contributed by atoms with Crippen molar-refractivity contribution in [3.63, 3.8) is 0 Å². The third kappa shape index (κ3) is 4.58. The van der Waals surface area contributed by atoms with E-state index in [0.29, 0.717) is 19.5 Å². The molecule has 0 atom stereocenters. The zero-order valence-electron chi connectivity index (χ0n) is 9.53. The van der Waals surface area contributed by atoms with Crippen LogP contribution in [0.5, 0.6) is 0 Å². The van der Waals surface area contributed by atoms with E-state index >= 15 is 0 Å². The lowest BCUT2D eigenvalue weighted by molar-refractivity contribution is 0.309. The summed E-state index contributed by atoms with van der Waals surface area (Å²) in [7, 11) is 1.89. The highest BCUT2D eigenvalue weighted by atomic mass is 35.5. The predicted molar refractivity (Wildman–Crippen MR) is 65.8 cm³/mol. The van der Waals surface area contributed by atoms with Gasteiger partial charge in [-0.1, -0.05) is 22.8 Å². The SMILES string of the molecule is CN(CC/C(N)=N/O)Cc1ccc(F)c(Cl)c1. The van der Waals surface area contributed by atoms with Crippen LogP contribution in [0.25, 0.3) is 0 Å². The zero-order valence-corrected chi connectivity index (χ0v) is 10.3. The first kappa shape index (κ1) is 13.7. The minimum atomic E-state index is -0.422. The number of nitrogens with two attached hydrogens (primary N) is 1. The second kappa shape index (κ2) is 6.42. The Bertz CT molecular complexity index is 412. The fourth-order valence-electron chi connectivity index (χ4n) is 1.38. The van der Waals surface area contributed by atoms with E-state index in [4.69, 9.17) is 22.5 Å². The van der Waals surface area contributed by atoms with Crippen LogP contribution >= 0.6 is 11.6 Å². The van der Waals surface area contributed by atoms with Crippen molar-refractivity contribution in [1.82, 2.24) is 4.90 Å². The normalized spacial score (nSPS) is 12.1. The molecular formula is C11H15ClFN3O. The Morgan fingerprint density at radius 1 is 1.59 bits per heavy atom. The van der Waals surface area contributed by atoms with E-state index in [2.05, 4.69) is 5.16 Å². The van der Waals surface area contributed by atoms with E-state index in [1.54, 1.807) is 12.1 Å². The van der Waals surface area contributed by atoms with Crippen LogP contribution in [0.2, 0.25) is 5.02 Å². The molecule has 0 aromatic heterocycles. The van der Waals surface area contributed by atoms with Gasteiger partial charge >= 0.3 is 0 Å². The summed E-state index contributed by atoms with van der Waals surface area (Å²) in [6.45, 7) is 1.27. The van der Waals surface area contributed by atoms with Gasteiger partial charge in [-0.15, -0.1) is 0 Å². The summed E-state index contributed by atoms with van der Waals surface area (Å²) in [6.07, 6.45) is 0.474. The van der Waals surface area contributed by atoms with Crippen molar-refractivity contribution < 1.29 is 9.60 Å². The number of oxime groups is 1. The zero-order chi connectivity index (χ0) is 12.8. The molecule has 1 rings (SSSR count). The van der Waals surface area contributed by atoms with Gasteiger partial charge in [0.2, 0.25) is 0 Å². The summed E-state index contributed by atoms with van der Waals surface area (Å²) in [5.41, 5.74) is 6.28. The van der Waals surface area contributed by atoms with E-state index in [1.807, 2.05) is 11.9 Å². The van der Waals surface area contributed by atoms with E-state index in [0.717, 1.165) is 5.56 Å². The number of halogens is 2. The topological polar surface area (TPSA) is 61.8 Å². The molecule has 0 bridgehead atoms. The van der Waals surface area contributed by atoms with Crippen LogP contribution in [0.4, 0.5) is 4.39 Å². The first-order valence-electron chi connectivity index (χ1n) is 5.12. The van der Waals surface area contributed by atoms with Gasteiger partial charge in [-0.3, -0.25) is 0 Å². The molecule has 1 aromatic rings. The molecule has 0 aliphatic heterocycles. The van der Waals surface area contributed by atoms with Gasteiger partial charge in [0.1, 0.15) is 11.7 Å². The Hall–Kier alpha value is -1.33. The molecule has 0 spiro atoms. The summed E-state index contributed by atoms with van der Waals surface area (Å²) in [5.74, 6) is -0.233. The molecule has 0 fully saturated rings. The first-order valence-corrected chi connectivity index (χ1v) is 5.49. The van der Waals surface area contributed by atoms with Gasteiger partial charge in [0.25, 0.3) is 0 Å². The van der Waals surface area contributed by atoms with Gasteiger partial charge in [-0.05, 0) is 24.7 Å². The van der Waals surface area contributed by atoms with Crippen LogP contribution in [-0.4, -0.2) is 29.5 Å². The average Bonchev–Trinajstić information content (AvgIpc) is 2.31. The van der Waals surface area contributed by atoms with Gasteiger partial charge in [0.05, 0.1) is 5.02 Å². The van der Waals surface area contributed by atoms with E-state index < -0.39 is 5.82 Å². The lowest BCUT2D eigenvalue weighted by atomic mass is 10.2. The number of hydrogen-bond donors (Lipinski definition) is 2. The second-order valence-electron chi connectivity index (χ2n) is 3.83. The van der Waals surface area contributed by atoms with Gasteiger partial charge in [-0.2, -0.15) is 0 Å². The number of benzene rings is 1. The monoisotopic (exact) mass is 259 g/mol. The van der Waals surface area contributed by atoms with Gasteiger partial charge in [0.15, 0.2) is 0 Å². The van der Waals surface area contributed by atoms with Crippen molar-refractivity contribution in [3.8, 4) is 0 Å². The van der Waals surface area contributed by atoms with Crippen LogP contribution in [0.1, 0.15) is 12.0 Å². The molecule has 0 radical (unpaired) electrons. The van der Waals surface area contributed by atoms with Crippen molar-refractivity contribution >= 4 is 17.4 Å². The van der Waals surface area contributed by atoms with E-state index in [9.17, 15) is 4.39 Å².